The molecule has 124 valence electrons. The van der Waals surface area contributed by atoms with Gasteiger partial charge < -0.3 is 14.6 Å². The number of aromatic nitrogens is 1. The molecule has 2 heterocycles. The molecule has 2 aromatic heterocycles. The van der Waals surface area contributed by atoms with Crippen LogP contribution in [-0.2, 0) is 11.3 Å². The van der Waals surface area contributed by atoms with E-state index in [-0.39, 0.29) is 18.1 Å². The average molecular weight is 342 g/mol. The van der Waals surface area contributed by atoms with Crippen LogP contribution in [0.2, 0.25) is 0 Å². The molecule has 0 aliphatic heterocycles. The van der Waals surface area contributed by atoms with Crippen LogP contribution in [-0.4, -0.2) is 28.1 Å². The van der Waals surface area contributed by atoms with E-state index in [0.29, 0.717) is 6.54 Å². The zero-order chi connectivity index (χ0) is 17.3. The van der Waals surface area contributed by atoms with Crippen molar-refractivity contribution in [2.45, 2.75) is 20.4 Å². The monoisotopic (exact) mass is 342 g/mol. The van der Waals surface area contributed by atoms with E-state index in [1.807, 2.05) is 49.6 Å². The SMILES string of the molecule is CCN(C(=O)Cn1c(C(=O)O)cc2sccc21)c1ccc(C)cc1. The number of aromatic carboxylic acids is 1. The van der Waals surface area contributed by atoms with Crippen LogP contribution in [0.5, 0.6) is 0 Å². The van der Waals surface area contributed by atoms with Gasteiger partial charge in [-0.2, -0.15) is 0 Å². The topological polar surface area (TPSA) is 62.5 Å². The summed E-state index contributed by atoms with van der Waals surface area (Å²) in [5.41, 5.74) is 2.87. The van der Waals surface area contributed by atoms with Crippen molar-refractivity contribution in [1.29, 1.82) is 0 Å². The van der Waals surface area contributed by atoms with E-state index in [0.717, 1.165) is 21.5 Å². The lowest BCUT2D eigenvalue weighted by Gasteiger charge is -2.22. The average Bonchev–Trinajstić information content (AvgIpc) is 3.12. The Morgan fingerprint density at radius 3 is 2.54 bits per heavy atom. The molecule has 0 spiro atoms. The standard InChI is InChI=1S/C18H18N2O3S/c1-3-19(13-6-4-12(2)5-7-13)17(21)11-20-14-8-9-24-16(14)10-15(20)18(22)23/h4-10H,3,11H2,1-2H3,(H,22,23). The van der Waals surface area contributed by atoms with Crippen LogP contribution in [0.4, 0.5) is 5.69 Å². The van der Waals surface area contributed by atoms with Gasteiger partial charge in [-0.1, -0.05) is 17.7 Å². The zero-order valence-electron chi connectivity index (χ0n) is 13.5. The maximum atomic E-state index is 12.8. The van der Waals surface area contributed by atoms with E-state index in [1.165, 1.54) is 11.3 Å². The van der Waals surface area contributed by atoms with Crippen molar-refractivity contribution in [3.63, 3.8) is 0 Å². The summed E-state index contributed by atoms with van der Waals surface area (Å²) in [5.74, 6) is -1.16. The van der Waals surface area contributed by atoms with Crippen molar-refractivity contribution in [3.05, 3.63) is 53.0 Å². The Morgan fingerprint density at radius 1 is 1.21 bits per heavy atom. The van der Waals surface area contributed by atoms with Gasteiger partial charge >= 0.3 is 5.97 Å². The van der Waals surface area contributed by atoms with Crippen LogP contribution in [0.3, 0.4) is 0 Å². The zero-order valence-corrected chi connectivity index (χ0v) is 14.3. The van der Waals surface area contributed by atoms with Crippen LogP contribution in [0, 0.1) is 6.92 Å². The van der Waals surface area contributed by atoms with Gasteiger partial charge in [-0.3, -0.25) is 4.79 Å². The van der Waals surface area contributed by atoms with E-state index in [9.17, 15) is 14.7 Å². The number of carbonyl (C=O) groups is 2. The van der Waals surface area contributed by atoms with Gasteiger partial charge in [0.05, 0.1) is 10.2 Å². The maximum Gasteiger partial charge on any atom is 0.352 e. The summed E-state index contributed by atoms with van der Waals surface area (Å²) in [6, 6.07) is 11.2. The fraction of sp³-hybridized carbons (Fsp3) is 0.222. The predicted octanol–water partition coefficient (Wildman–Crippen LogP) is 3.76. The van der Waals surface area contributed by atoms with Crippen LogP contribution < -0.4 is 4.90 Å². The number of nitrogens with zero attached hydrogens (tertiary/aromatic N) is 2. The lowest BCUT2D eigenvalue weighted by atomic mass is 10.2. The Balaban J connectivity index is 1.93. The molecule has 0 saturated carbocycles. The molecule has 1 aromatic carbocycles. The van der Waals surface area contributed by atoms with Crippen molar-refractivity contribution in [1.82, 2.24) is 4.57 Å². The number of likely N-dealkylation sites (N-methyl/N-ethyl adjacent to an activating group) is 1. The Morgan fingerprint density at radius 2 is 1.92 bits per heavy atom. The molecular weight excluding hydrogens is 324 g/mol. The van der Waals surface area contributed by atoms with Gasteiger partial charge in [-0.15, -0.1) is 11.3 Å². The number of rotatable bonds is 5. The van der Waals surface area contributed by atoms with E-state index in [1.54, 1.807) is 15.5 Å². The molecule has 6 heteroatoms. The molecule has 5 nitrogen and oxygen atoms in total. The number of thiophene rings is 1. The molecule has 0 fully saturated rings. The lowest BCUT2D eigenvalue weighted by molar-refractivity contribution is -0.119. The molecule has 0 radical (unpaired) electrons. The number of carboxylic acids is 1. The molecular formula is C18H18N2O3S. The third-order valence-corrected chi connectivity index (χ3v) is 4.85. The second-order valence-corrected chi connectivity index (χ2v) is 6.51. The van der Waals surface area contributed by atoms with Gasteiger partial charge in [-0.25, -0.2) is 4.79 Å². The number of anilines is 1. The predicted molar refractivity (Wildman–Crippen MR) is 96.0 cm³/mol. The van der Waals surface area contributed by atoms with Crippen molar-refractivity contribution in [3.8, 4) is 0 Å². The Bertz CT molecular complexity index is 893. The molecule has 1 amide bonds. The number of aryl methyl sites for hydroxylation is 1. The summed E-state index contributed by atoms with van der Waals surface area (Å²) in [7, 11) is 0. The van der Waals surface area contributed by atoms with E-state index in [4.69, 9.17) is 0 Å². The highest BCUT2D eigenvalue weighted by atomic mass is 32.1. The number of amides is 1. The smallest absolute Gasteiger partial charge is 0.352 e. The Hall–Kier alpha value is -2.60. The largest absolute Gasteiger partial charge is 0.477 e. The van der Waals surface area contributed by atoms with Crippen molar-refractivity contribution >= 4 is 39.1 Å². The minimum Gasteiger partial charge on any atom is -0.477 e. The van der Waals surface area contributed by atoms with Gasteiger partial charge in [-0.05, 0) is 43.5 Å². The summed E-state index contributed by atoms with van der Waals surface area (Å²) in [4.78, 5) is 25.9. The highest BCUT2D eigenvalue weighted by Gasteiger charge is 2.20. The summed E-state index contributed by atoms with van der Waals surface area (Å²) in [5, 5.41) is 11.3. The fourth-order valence-electron chi connectivity index (χ4n) is 2.77. The fourth-order valence-corrected chi connectivity index (χ4v) is 3.60. The van der Waals surface area contributed by atoms with Crippen LogP contribution in [0.25, 0.3) is 10.2 Å². The number of benzene rings is 1. The van der Waals surface area contributed by atoms with Crippen LogP contribution >= 0.6 is 11.3 Å². The first-order valence-electron chi connectivity index (χ1n) is 7.68. The van der Waals surface area contributed by atoms with Crippen molar-refractivity contribution < 1.29 is 14.7 Å². The number of carbonyl (C=O) groups excluding carboxylic acids is 1. The normalized spacial score (nSPS) is 10.9. The van der Waals surface area contributed by atoms with E-state index in [2.05, 4.69) is 0 Å². The summed E-state index contributed by atoms with van der Waals surface area (Å²) in [6.07, 6.45) is 0. The number of hydrogen-bond acceptors (Lipinski definition) is 3. The van der Waals surface area contributed by atoms with E-state index >= 15 is 0 Å². The van der Waals surface area contributed by atoms with Crippen LogP contribution in [0.15, 0.2) is 41.8 Å². The molecule has 0 unspecified atom stereocenters. The molecule has 3 aromatic rings. The Labute approximate surface area is 143 Å². The highest BCUT2D eigenvalue weighted by Crippen LogP contribution is 2.26. The third-order valence-electron chi connectivity index (χ3n) is 4.00. The quantitative estimate of drug-likeness (QED) is 0.768. The second-order valence-electron chi connectivity index (χ2n) is 5.56. The molecule has 3 rings (SSSR count). The molecule has 0 aliphatic rings. The molecule has 0 saturated heterocycles. The minimum atomic E-state index is -1.02. The van der Waals surface area contributed by atoms with Crippen molar-refractivity contribution in [2.24, 2.45) is 0 Å². The van der Waals surface area contributed by atoms with Crippen LogP contribution in [0.1, 0.15) is 23.0 Å². The number of fused-ring (bicyclic) bond motifs is 1. The van der Waals surface area contributed by atoms with Gasteiger partial charge in [0.25, 0.3) is 0 Å². The summed E-state index contributed by atoms with van der Waals surface area (Å²) < 4.78 is 2.45. The molecule has 0 bridgehead atoms. The summed E-state index contributed by atoms with van der Waals surface area (Å²) >= 11 is 1.47. The second kappa shape index (κ2) is 6.49. The molecule has 0 aliphatic carbocycles. The van der Waals surface area contributed by atoms with Gasteiger partial charge in [0, 0.05) is 12.2 Å². The number of hydrogen-bond donors (Lipinski definition) is 1. The first kappa shape index (κ1) is 16.3. The minimum absolute atomic E-state index is 0.00355. The lowest BCUT2D eigenvalue weighted by Crippen LogP contribution is -2.34. The summed E-state index contributed by atoms with van der Waals surface area (Å²) in [6.45, 7) is 4.43. The Kier molecular flexibility index (Phi) is 4.40. The van der Waals surface area contributed by atoms with Gasteiger partial charge in [0.15, 0.2) is 0 Å². The first-order valence-corrected chi connectivity index (χ1v) is 8.56. The van der Waals surface area contributed by atoms with Gasteiger partial charge in [0.1, 0.15) is 12.2 Å². The van der Waals surface area contributed by atoms with Gasteiger partial charge in [0.2, 0.25) is 5.91 Å². The molecule has 1 N–H and O–H groups in total. The highest BCUT2D eigenvalue weighted by molar-refractivity contribution is 7.17. The van der Waals surface area contributed by atoms with E-state index < -0.39 is 5.97 Å². The molecule has 24 heavy (non-hydrogen) atoms. The molecule has 0 atom stereocenters. The van der Waals surface area contributed by atoms with Crippen molar-refractivity contribution in [2.75, 3.05) is 11.4 Å². The first-order chi connectivity index (χ1) is 11.5. The third kappa shape index (κ3) is 2.92. The maximum absolute atomic E-state index is 12.8. The number of carboxylic acid groups (broad SMARTS) is 1.